The minimum absolute atomic E-state index is 0.384. The number of carboxylic acid groups (broad SMARTS) is 1. The lowest BCUT2D eigenvalue weighted by Gasteiger charge is -2.32. The fourth-order valence-electron chi connectivity index (χ4n) is 2.28. The van der Waals surface area contributed by atoms with Crippen molar-refractivity contribution < 1.29 is 14.7 Å². The fraction of sp³-hybridized carbons (Fsp3) is 0.333. The number of terminal acetylenes is 1. The summed E-state index contributed by atoms with van der Waals surface area (Å²) < 4.78 is 0. The largest absolute Gasteiger partial charge is 0.480 e. The maximum absolute atomic E-state index is 12.1. The smallest absolute Gasteiger partial charge is 0.326 e. The summed E-state index contributed by atoms with van der Waals surface area (Å²) in [4.78, 5) is 24.7. The maximum atomic E-state index is 12.1. The van der Waals surface area contributed by atoms with E-state index in [2.05, 4.69) is 11.2 Å². The predicted molar refractivity (Wildman–Crippen MR) is 75.4 cm³/mol. The highest BCUT2D eigenvalue weighted by Crippen LogP contribution is 2.19. The quantitative estimate of drug-likeness (QED) is 0.810. The average molecular weight is 272 g/mol. The second-order valence-corrected chi connectivity index (χ2v) is 4.70. The van der Waals surface area contributed by atoms with Crippen LogP contribution in [0.1, 0.15) is 24.8 Å². The molecule has 1 aromatic carbocycles. The van der Waals surface area contributed by atoms with Crippen LogP contribution in [0.15, 0.2) is 24.3 Å². The van der Waals surface area contributed by atoms with Crippen molar-refractivity contribution in [2.45, 2.75) is 25.3 Å². The number of carbonyl (C=O) groups excluding carboxylic acids is 1. The molecule has 1 unspecified atom stereocenters. The number of carboxylic acids is 1. The Morgan fingerprint density at radius 3 is 2.60 bits per heavy atom. The number of rotatable bonds is 2. The number of urea groups is 1. The molecular weight excluding hydrogens is 256 g/mol. The summed E-state index contributed by atoms with van der Waals surface area (Å²) >= 11 is 0. The van der Waals surface area contributed by atoms with Gasteiger partial charge in [-0.05, 0) is 43.5 Å². The third-order valence-electron chi connectivity index (χ3n) is 3.35. The maximum Gasteiger partial charge on any atom is 0.326 e. The number of benzene rings is 1. The van der Waals surface area contributed by atoms with Crippen LogP contribution >= 0.6 is 0 Å². The van der Waals surface area contributed by atoms with Crippen molar-refractivity contribution in [1.82, 2.24) is 4.90 Å². The number of hydrogen-bond donors (Lipinski definition) is 2. The van der Waals surface area contributed by atoms with Crippen molar-refractivity contribution >= 4 is 17.7 Å². The van der Waals surface area contributed by atoms with Crippen LogP contribution in [0.3, 0.4) is 0 Å². The van der Waals surface area contributed by atoms with Gasteiger partial charge in [-0.25, -0.2) is 9.59 Å². The molecule has 5 nitrogen and oxygen atoms in total. The van der Waals surface area contributed by atoms with E-state index >= 15 is 0 Å². The molecule has 0 bridgehead atoms. The minimum Gasteiger partial charge on any atom is -0.480 e. The topological polar surface area (TPSA) is 69.6 Å². The second kappa shape index (κ2) is 6.11. The van der Waals surface area contributed by atoms with Gasteiger partial charge >= 0.3 is 12.0 Å². The first kappa shape index (κ1) is 13.9. The van der Waals surface area contributed by atoms with E-state index in [9.17, 15) is 9.59 Å². The summed E-state index contributed by atoms with van der Waals surface area (Å²) in [7, 11) is 0. The third-order valence-corrected chi connectivity index (χ3v) is 3.35. The Morgan fingerprint density at radius 2 is 2.00 bits per heavy atom. The molecular formula is C15H16N2O3. The molecule has 1 aliphatic rings. The van der Waals surface area contributed by atoms with E-state index in [1.165, 1.54) is 4.90 Å². The van der Waals surface area contributed by atoms with Crippen molar-refractivity contribution in [1.29, 1.82) is 0 Å². The second-order valence-electron chi connectivity index (χ2n) is 4.70. The molecule has 0 radical (unpaired) electrons. The molecule has 1 aromatic rings. The van der Waals surface area contributed by atoms with Gasteiger partial charge in [0.15, 0.2) is 0 Å². The van der Waals surface area contributed by atoms with Crippen LogP contribution in [0.2, 0.25) is 0 Å². The minimum atomic E-state index is -0.956. The van der Waals surface area contributed by atoms with Gasteiger partial charge in [-0.3, -0.25) is 0 Å². The number of hydrogen-bond acceptors (Lipinski definition) is 2. The number of nitrogens with one attached hydrogen (secondary N) is 1. The van der Waals surface area contributed by atoms with Gasteiger partial charge in [0.05, 0.1) is 0 Å². The lowest BCUT2D eigenvalue weighted by atomic mass is 10.0. The molecule has 1 saturated heterocycles. The number of nitrogens with zero attached hydrogens (tertiary/aromatic N) is 1. The lowest BCUT2D eigenvalue weighted by Crippen LogP contribution is -2.49. The van der Waals surface area contributed by atoms with E-state index in [-0.39, 0.29) is 6.03 Å². The lowest BCUT2D eigenvalue weighted by molar-refractivity contribution is -0.143. The number of carbonyl (C=O) groups is 2. The van der Waals surface area contributed by atoms with Gasteiger partial charge in [-0.15, -0.1) is 6.42 Å². The van der Waals surface area contributed by atoms with Crippen molar-refractivity contribution in [3.63, 3.8) is 0 Å². The zero-order valence-corrected chi connectivity index (χ0v) is 11.0. The van der Waals surface area contributed by atoms with Crippen LogP contribution in [-0.4, -0.2) is 34.6 Å². The zero-order chi connectivity index (χ0) is 14.5. The van der Waals surface area contributed by atoms with Crippen molar-refractivity contribution in [3.05, 3.63) is 29.8 Å². The zero-order valence-electron chi connectivity index (χ0n) is 11.0. The molecule has 20 heavy (non-hydrogen) atoms. The van der Waals surface area contributed by atoms with Crippen molar-refractivity contribution in [3.8, 4) is 12.3 Å². The molecule has 0 aromatic heterocycles. The van der Waals surface area contributed by atoms with E-state index in [1.54, 1.807) is 24.3 Å². The molecule has 1 aliphatic heterocycles. The Morgan fingerprint density at radius 1 is 1.30 bits per heavy atom. The van der Waals surface area contributed by atoms with Crippen LogP contribution in [0.4, 0.5) is 10.5 Å². The van der Waals surface area contributed by atoms with Crippen LogP contribution in [0.5, 0.6) is 0 Å². The first-order chi connectivity index (χ1) is 9.61. The molecule has 1 atom stereocenters. The first-order valence-corrected chi connectivity index (χ1v) is 6.49. The SMILES string of the molecule is C#Cc1ccc(NC(=O)N2CCCCC2C(=O)O)cc1. The Kier molecular flexibility index (Phi) is 4.26. The van der Waals surface area contributed by atoms with Gasteiger partial charge in [-0.1, -0.05) is 5.92 Å². The monoisotopic (exact) mass is 272 g/mol. The summed E-state index contributed by atoms with van der Waals surface area (Å²) in [5.41, 5.74) is 1.33. The summed E-state index contributed by atoms with van der Waals surface area (Å²) in [5, 5.41) is 11.9. The molecule has 2 N–H and O–H groups in total. The molecule has 1 fully saturated rings. The van der Waals surface area contributed by atoms with E-state index in [0.717, 1.165) is 18.4 Å². The van der Waals surface area contributed by atoms with Crippen LogP contribution in [-0.2, 0) is 4.79 Å². The highest BCUT2D eigenvalue weighted by molar-refractivity contribution is 5.92. The van der Waals surface area contributed by atoms with Crippen LogP contribution in [0.25, 0.3) is 0 Å². The highest BCUT2D eigenvalue weighted by Gasteiger charge is 2.31. The molecule has 0 aliphatic carbocycles. The number of likely N-dealkylation sites (tertiary alicyclic amines) is 1. The summed E-state index contributed by atoms with van der Waals surface area (Å²) in [6.45, 7) is 0.464. The van der Waals surface area contributed by atoms with E-state index in [4.69, 9.17) is 11.5 Å². The Balaban J connectivity index is 2.06. The number of piperidine rings is 1. The molecule has 2 amide bonds. The number of aliphatic carboxylic acids is 1. The number of anilines is 1. The molecule has 5 heteroatoms. The number of amides is 2. The van der Waals surface area contributed by atoms with Gasteiger partial charge in [-0.2, -0.15) is 0 Å². The summed E-state index contributed by atoms with van der Waals surface area (Å²) in [6, 6.07) is 5.72. The Hall–Kier alpha value is -2.48. The van der Waals surface area contributed by atoms with Crippen molar-refractivity contribution in [2.24, 2.45) is 0 Å². The van der Waals surface area contributed by atoms with E-state index < -0.39 is 12.0 Å². The van der Waals surface area contributed by atoms with Gasteiger partial charge in [0.1, 0.15) is 6.04 Å². The summed E-state index contributed by atoms with van der Waals surface area (Å²) in [5.74, 6) is 1.54. The summed E-state index contributed by atoms with van der Waals surface area (Å²) in [6.07, 6.45) is 7.42. The predicted octanol–water partition coefficient (Wildman–Crippen LogP) is 2.14. The Bertz CT molecular complexity index is 545. The third kappa shape index (κ3) is 3.09. The van der Waals surface area contributed by atoms with E-state index in [1.807, 2.05) is 0 Å². The van der Waals surface area contributed by atoms with Gasteiger partial charge in [0, 0.05) is 17.8 Å². The Labute approximate surface area is 117 Å². The molecule has 0 saturated carbocycles. The normalized spacial score (nSPS) is 18.1. The van der Waals surface area contributed by atoms with Gasteiger partial charge in [0.2, 0.25) is 0 Å². The average Bonchev–Trinajstić information content (AvgIpc) is 2.48. The molecule has 1 heterocycles. The molecule has 0 spiro atoms. The first-order valence-electron chi connectivity index (χ1n) is 6.49. The molecule has 2 rings (SSSR count). The standard InChI is InChI=1S/C15H16N2O3/c1-2-11-6-8-12(9-7-11)16-15(20)17-10-4-3-5-13(17)14(18)19/h1,6-9,13H,3-5,10H2,(H,16,20)(H,18,19). The molecule has 104 valence electrons. The van der Waals surface area contributed by atoms with E-state index in [0.29, 0.717) is 18.7 Å². The van der Waals surface area contributed by atoms with Crippen LogP contribution < -0.4 is 5.32 Å². The highest BCUT2D eigenvalue weighted by atomic mass is 16.4. The van der Waals surface area contributed by atoms with Gasteiger partial charge < -0.3 is 15.3 Å². The van der Waals surface area contributed by atoms with Gasteiger partial charge in [0.25, 0.3) is 0 Å². The fourth-order valence-corrected chi connectivity index (χ4v) is 2.28. The van der Waals surface area contributed by atoms with Crippen molar-refractivity contribution in [2.75, 3.05) is 11.9 Å². The van der Waals surface area contributed by atoms with Crippen LogP contribution in [0, 0.1) is 12.3 Å².